The van der Waals surface area contributed by atoms with Gasteiger partial charge in [0, 0.05) is 24.4 Å². The second-order valence-electron chi connectivity index (χ2n) is 7.42. The lowest BCUT2D eigenvalue weighted by Gasteiger charge is -2.20. The van der Waals surface area contributed by atoms with Gasteiger partial charge in [0.15, 0.2) is 12.4 Å². The Morgan fingerprint density at radius 1 is 1.21 bits per heavy atom. The minimum absolute atomic E-state index is 0.169. The number of pyridine rings is 2. The van der Waals surface area contributed by atoms with E-state index in [-0.39, 0.29) is 18.3 Å². The Morgan fingerprint density at radius 2 is 2.00 bits per heavy atom. The maximum Gasteiger partial charge on any atom is 0.422 e. The molecular weight excluding hydrogens is 441 g/mol. The van der Waals surface area contributed by atoms with Gasteiger partial charge in [0.25, 0.3) is 5.91 Å². The fourth-order valence-corrected chi connectivity index (χ4v) is 3.70. The van der Waals surface area contributed by atoms with Gasteiger partial charge in [0.2, 0.25) is 11.8 Å². The predicted octanol–water partition coefficient (Wildman–Crippen LogP) is 3.34. The van der Waals surface area contributed by atoms with Gasteiger partial charge in [-0.3, -0.25) is 9.78 Å². The van der Waals surface area contributed by atoms with Crippen LogP contribution >= 0.6 is 0 Å². The number of methoxy groups -OCH3 is 2. The number of amides is 1. The zero-order chi connectivity index (χ0) is 23.8. The van der Waals surface area contributed by atoms with Crippen LogP contribution in [0.3, 0.4) is 0 Å². The van der Waals surface area contributed by atoms with Gasteiger partial charge in [-0.2, -0.15) is 13.2 Å². The molecule has 0 saturated carbocycles. The van der Waals surface area contributed by atoms with E-state index in [2.05, 4.69) is 15.3 Å². The first-order valence-corrected chi connectivity index (χ1v) is 9.95. The molecular formula is C22H21F3N4O4. The van der Waals surface area contributed by atoms with Crippen LogP contribution in [0.25, 0.3) is 5.57 Å². The summed E-state index contributed by atoms with van der Waals surface area (Å²) in [5.74, 6) is 0.538. The van der Waals surface area contributed by atoms with Crippen LogP contribution < -0.4 is 15.0 Å². The second-order valence-corrected chi connectivity index (χ2v) is 7.42. The van der Waals surface area contributed by atoms with E-state index in [9.17, 15) is 18.0 Å². The average Bonchev–Trinajstić information content (AvgIpc) is 3.13. The summed E-state index contributed by atoms with van der Waals surface area (Å²) in [6.45, 7) is 0.986. The number of carbonyl (C=O) groups is 1. The van der Waals surface area contributed by atoms with Crippen molar-refractivity contribution in [2.24, 2.45) is 0 Å². The Balaban J connectivity index is 1.61. The SMILES string of the molecule is COC1=C(OC)NCC(c2cc(C)c3c(n2)CN(c2ccnc(OCC(F)(F)F)c2)C3=O)=C1. The van der Waals surface area contributed by atoms with Gasteiger partial charge in [0.05, 0.1) is 43.4 Å². The molecule has 8 nitrogen and oxygen atoms in total. The van der Waals surface area contributed by atoms with E-state index in [0.29, 0.717) is 40.8 Å². The highest BCUT2D eigenvalue weighted by molar-refractivity contribution is 6.10. The van der Waals surface area contributed by atoms with Crippen LogP contribution in [0.4, 0.5) is 18.9 Å². The monoisotopic (exact) mass is 462 g/mol. The summed E-state index contributed by atoms with van der Waals surface area (Å²) < 4.78 is 52.7. The van der Waals surface area contributed by atoms with Gasteiger partial charge in [-0.25, -0.2) is 4.98 Å². The summed E-state index contributed by atoms with van der Waals surface area (Å²) in [6.07, 6.45) is -1.36. The largest absolute Gasteiger partial charge is 0.491 e. The van der Waals surface area contributed by atoms with E-state index < -0.39 is 12.8 Å². The first-order chi connectivity index (χ1) is 15.7. The van der Waals surface area contributed by atoms with Crippen molar-refractivity contribution < 1.29 is 32.2 Å². The smallest absolute Gasteiger partial charge is 0.422 e. The molecule has 0 fully saturated rings. The molecule has 174 valence electrons. The van der Waals surface area contributed by atoms with E-state index >= 15 is 0 Å². The average molecular weight is 462 g/mol. The van der Waals surface area contributed by atoms with Gasteiger partial charge >= 0.3 is 6.18 Å². The number of allylic oxidation sites excluding steroid dienone is 1. The molecule has 1 N–H and O–H groups in total. The van der Waals surface area contributed by atoms with Crippen molar-refractivity contribution in [1.82, 2.24) is 15.3 Å². The minimum atomic E-state index is -4.49. The molecule has 0 spiro atoms. The second kappa shape index (κ2) is 8.64. The summed E-state index contributed by atoms with van der Waals surface area (Å²) in [7, 11) is 3.08. The van der Waals surface area contributed by atoms with E-state index in [0.717, 1.165) is 11.1 Å². The Hall–Kier alpha value is -3.76. The number of nitrogens with one attached hydrogen (secondary N) is 1. The zero-order valence-corrected chi connectivity index (χ0v) is 18.1. The van der Waals surface area contributed by atoms with E-state index in [1.165, 1.54) is 37.4 Å². The molecule has 2 aromatic heterocycles. The number of dihydropyridines is 1. The summed E-state index contributed by atoms with van der Waals surface area (Å²) in [5, 5.41) is 3.12. The molecule has 2 aliphatic rings. The lowest BCUT2D eigenvalue weighted by Crippen LogP contribution is -2.24. The van der Waals surface area contributed by atoms with Crippen molar-refractivity contribution in [1.29, 1.82) is 0 Å². The van der Waals surface area contributed by atoms with Crippen LogP contribution in [0.2, 0.25) is 0 Å². The van der Waals surface area contributed by atoms with Gasteiger partial charge in [-0.1, -0.05) is 0 Å². The molecule has 0 saturated heterocycles. The molecule has 2 aromatic rings. The highest BCUT2D eigenvalue weighted by Crippen LogP contribution is 2.33. The molecule has 2 aliphatic heterocycles. The number of anilines is 1. The molecule has 0 bridgehead atoms. The Morgan fingerprint density at radius 3 is 2.70 bits per heavy atom. The normalized spacial score (nSPS) is 15.8. The fourth-order valence-electron chi connectivity index (χ4n) is 3.70. The number of ether oxygens (including phenoxy) is 3. The number of nitrogens with zero attached hydrogens (tertiary/aromatic N) is 3. The number of carbonyl (C=O) groups excluding carboxylic acids is 1. The number of rotatable bonds is 6. The summed E-state index contributed by atoms with van der Waals surface area (Å²) >= 11 is 0. The Bertz CT molecular complexity index is 1160. The molecule has 0 atom stereocenters. The van der Waals surface area contributed by atoms with Crippen molar-refractivity contribution in [3.63, 3.8) is 0 Å². The lowest BCUT2D eigenvalue weighted by atomic mass is 10.0. The van der Waals surface area contributed by atoms with Crippen LogP contribution in [0.15, 0.2) is 42.1 Å². The standard InChI is InChI=1S/C22H21F3N4O4/c1-12-6-15(13-7-17(31-2)20(32-3)27-9-13)28-16-10-29(21(30)19(12)16)14-4-5-26-18(8-14)33-11-22(23,24)25/h4-8,27H,9-11H2,1-3H3. The first-order valence-electron chi connectivity index (χ1n) is 9.95. The number of fused-ring (bicyclic) bond motifs is 1. The number of hydrogen-bond donors (Lipinski definition) is 1. The third-order valence-corrected chi connectivity index (χ3v) is 5.19. The number of alkyl halides is 3. The van der Waals surface area contributed by atoms with Gasteiger partial charge in [-0.05, 0) is 30.7 Å². The first kappa shape index (κ1) is 22.4. The van der Waals surface area contributed by atoms with Gasteiger partial charge in [0.1, 0.15) is 0 Å². The molecule has 1 amide bonds. The van der Waals surface area contributed by atoms with Crippen molar-refractivity contribution in [2.75, 3.05) is 32.3 Å². The molecule has 33 heavy (non-hydrogen) atoms. The topological polar surface area (TPSA) is 85.8 Å². The van der Waals surface area contributed by atoms with Crippen LogP contribution in [0.5, 0.6) is 5.88 Å². The molecule has 4 rings (SSSR count). The van der Waals surface area contributed by atoms with Crippen LogP contribution in [-0.4, -0.2) is 49.4 Å². The van der Waals surface area contributed by atoms with Crippen LogP contribution in [0.1, 0.15) is 27.3 Å². The molecule has 4 heterocycles. The zero-order valence-electron chi connectivity index (χ0n) is 18.1. The Kier molecular flexibility index (Phi) is 5.88. The van der Waals surface area contributed by atoms with Gasteiger partial charge < -0.3 is 24.4 Å². The number of halogens is 3. The fraction of sp³-hybridized carbons (Fsp3) is 0.318. The summed E-state index contributed by atoms with van der Waals surface area (Å²) in [4.78, 5) is 23.0. The maximum absolute atomic E-state index is 13.1. The minimum Gasteiger partial charge on any atom is -0.491 e. The summed E-state index contributed by atoms with van der Waals surface area (Å²) in [6, 6.07) is 4.67. The van der Waals surface area contributed by atoms with E-state index in [4.69, 9.17) is 14.2 Å². The predicted molar refractivity (Wildman–Crippen MR) is 112 cm³/mol. The van der Waals surface area contributed by atoms with Crippen molar-refractivity contribution in [2.45, 2.75) is 19.6 Å². The molecule has 11 heteroatoms. The van der Waals surface area contributed by atoms with E-state index in [1.807, 2.05) is 19.1 Å². The van der Waals surface area contributed by atoms with Crippen LogP contribution in [-0.2, 0) is 16.0 Å². The molecule has 0 radical (unpaired) electrons. The number of aromatic nitrogens is 2. The van der Waals surface area contributed by atoms with Crippen molar-refractivity contribution in [3.05, 3.63) is 64.6 Å². The van der Waals surface area contributed by atoms with Crippen molar-refractivity contribution >= 4 is 17.2 Å². The van der Waals surface area contributed by atoms with E-state index in [1.54, 1.807) is 0 Å². The highest BCUT2D eigenvalue weighted by atomic mass is 19.4. The number of aryl methyl sites for hydroxylation is 1. The molecule has 0 unspecified atom stereocenters. The van der Waals surface area contributed by atoms with Crippen molar-refractivity contribution in [3.8, 4) is 5.88 Å². The Labute approximate surface area is 187 Å². The van der Waals surface area contributed by atoms with Crippen LogP contribution in [0, 0.1) is 6.92 Å². The molecule has 0 aliphatic carbocycles. The number of hydrogen-bond acceptors (Lipinski definition) is 7. The third-order valence-electron chi connectivity index (χ3n) is 5.19. The molecule has 0 aromatic carbocycles. The summed E-state index contributed by atoms with van der Waals surface area (Å²) in [5.41, 5.74) is 3.70. The van der Waals surface area contributed by atoms with Gasteiger partial charge in [-0.15, -0.1) is 0 Å². The lowest BCUT2D eigenvalue weighted by molar-refractivity contribution is -0.154. The highest BCUT2D eigenvalue weighted by Gasteiger charge is 2.33. The maximum atomic E-state index is 13.1. The quantitative estimate of drug-likeness (QED) is 0.705. The third kappa shape index (κ3) is 4.57.